The highest BCUT2D eigenvalue weighted by atomic mass is 16.4. The topological polar surface area (TPSA) is 83.6 Å². The fraction of sp³-hybridized carbons (Fsp3) is 0.833. The molecule has 0 fully saturated rings. The normalized spacial score (nSPS) is 15.2. The minimum Gasteiger partial charge on any atom is -0.481 e. The number of amides is 1. The lowest BCUT2D eigenvalue weighted by Gasteiger charge is -2.32. The maximum absolute atomic E-state index is 12.1. The van der Waals surface area contributed by atoms with E-state index in [4.69, 9.17) is 10.8 Å². The summed E-state index contributed by atoms with van der Waals surface area (Å²) in [5, 5.41) is 8.84. The highest BCUT2D eigenvalue weighted by Crippen LogP contribution is 2.19. The van der Waals surface area contributed by atoms with Gasteiger partial charge in [0.1, 0.15) is 0 Å². The van der Waals surface area contributed by atoms with Crippen LogP contribution in [0, 0.1) is 11.3 Å². The van der Waals surface area contributed by atoms with Gasteiger partial charge in [-0.25, -0.2) is 0 Å². The number of aliphatic carboxylic acids is 1. The number of rotatable bonds is 5. The smallest absolute Gasteiger partial charge is 0.308 e. The van der Waals surface area contributed by atoms with Crippen molar-refractivity contribution in [1.29, 1.82) is 0 Å². The van der Waals surface area contributed by atoms with Crippen LogP contribution >= 0.6 is 0 Å². The van der Waals surface area contributed by atoms with Crippen LogP contribution in [0.1, 0.15) is 34.6 Å². The van der Waals surface area contributed by atoms with Crippen molar-refractivity contribution in [3.05, 3.63) is 0 Å². The Bertz CT molecular complexity index is 284. The molecule has 0 saturated heterocycles. The summed E-state index contributed by atoms with van der Waals surface area (Å²) in [7, 11) is 0. The van der Waals surface area contributed by atoms with Gasteiger partial charge in [-0.1, -0.05) is 27.7 Å². The van der Waals surface area contributed by atoms with E-state index in [0.717, 1.165) is 0 Å². The van der Waals surface area contributed by atoms with Crippen molar-refractivity contribution in [2.75, 3.05) is 13.1 Å². The van der Waals surface area contributed by atoms with Crippen LogP contribution in [-0.4, -0.2) is 41.0 Å². The Hall–Kier alpha value is -1.10. The largest absolute Gasteiger partial charge is 0.481 e. The molecule has 0 radical (unpaired) electrons. The van der Waals surface area contributed by atoms with Crippen molar-refractivity contribution in [2.45, 2.75) is 40.7 Å². The summed E-state index contributed by atoms with van der Waals surface area (Å²) in [5.41, 5.74) is 5.56. The van der Waals surface area contributed by atoms with Gasteiger partial charge in [-0.3, -0.25) is 9.59 Å². The molecule has 0 aliphatic carbocycles. The molecule has 100 valence electrons. The number of carbonyl (C=O) groups is 2. The van der Waals surface area contributed by atoms with Gasteiger partial charge in [0.05, 0.1) is 12.0 Å². The number of nitrogens with two attached hydrogens (primary N) is 1. The van der Waals surface area contributed by atoms with E-state index in [0.29, 0.717) is 6.54 Å². The van der Waals surface area contributed by atoms with Gasteiger partial charge < -0.3 is 15.7 Å². The molecule has 0 aliphatic rings. The summed E-state index contributed by atoms with van der Waals surface area (Å²) < 4.78 is 0. The Balaban J connectivity index is 4.67. The third kappa shape index (κ3) is 4.73. The van der Waals surface area contributed by atoms with Crippen LogP contribution in [-0.2, 0) is 9.59 Å². The fourth-order valence-electron chi connectivity index (χ4n) is 1.35. The third-order valence-electron chi connectivity index (χ3n) is 2.81. The molecule has 0 aromatic carbocycles. The average molecular weight is 244 g/mol. The lowest BCUT2D eigenvalue weighted by Crippen LogP contribution is -2.51. The maximum atomic E-state index is 12.1. The van der Waals surface area contributed by atoms with Gasteiger partial charge in [-0.2, -0.15) is 0 Å². The van der Waals surface area contributed by atoms with Crippen LogP contribution in [0.3, 0.4) is 0 Å². The van der Waals surface area contributed by atoms with E-state index < -0.39 is 17.9 Å². The minimum atomic E-state index is -0.902. The molecule has 5 nitrogen and oxygen atoms in total. The Kier molecular flexibility index (Phi) is 5.61. The van der Waals surface area contributed by atoms with E-state index in [1.165, 1.54) is 4.90 Å². The molecule has 0 spiro atoms. The zero-order valence-electron chi connectivity index (χ0n) is 11.4. The van der Waals surface area contributed by atoms with E-state index in [2.05, 4.69) is 0 Å². The van der Waals surface area contributed by atoms with Gasteiger partial charge in [0, 0.05) is 13.1 Å². The van der Waals surface area contributed by atoms with Crippen molar-refractivity contribution < 1.29 is 14.7 Å². The molecule has 0 rings (SSSR count). The van der Waals surface area contributed by atoms with Crippen LogP contribution in [0.2, 0.25) is 0 Å². The summed E-state index contributed by atoms with van der Waals surface area (Å²) in [6.07, 6.45) is 0. The number of carboxylic acids is 1. The van der Waals surface area contributed by atoms with Gasteiger partial charge in [0.15, 0.2) is 0 Å². The first kappa shape index (κ1) is 15.9. The quantitative estimate of drug-likeness (QED) is 0.753. The number of likely N-dealkylation sites (N-methyl/N-ethyl adjacent to an activating group) is 1. The molecule has 2 atom stereocenters. The van der Waals surface area contributed by atoms with Gasteiger partial charge in [0.25, 0.3) is 0 Å². The van der Waals surface area contributed by atoms with Crippen LogP contribution in [0.5, 0.6) is 0 Å². The zero-order valence-corrected chi connectivity index (χ0v) is 11.4. The standard InChI is InChI=1S/C12H24N2O3/c1-6-14(7-8(2)11(16)17)10(15)9(13)12(3,4)5/h8-9H,6-7,13H2,1-5H3,(H,16,17). The second-order valence-corrected chi connectivity index (χ2v) is 5.46. The predicted molar refractivity (Wildman–Crippen MR) is 66.5 cm³/mol. The Morgan fingerprint density at radius 1 is 1.35 bits per heavy atom. The molecule has 1 amide bonds. The Labute approximate surface area is 103 Å². The molecule has 17 heavy (non-hydrogen) atoms. The van der Waals surface area contributed by atoms with Crippen molar-refractivity contribution in [3.8, 4) is 0 Å². The average Bonchev–Trinajstić information content (AvgIpc) is 2.21. The summed E-state index contributed by atoms with van der Waals surface area (Å²) in [4.78, 5) is 24.4. The summed E-state index contributed by atoms with van der Waals surface area (Å²) in [5.74, 6) is -1.67. The van der Waals surface area contributed by atoms with Gasteiger partial charge >= 0.3 is 5.97 Å². The number of carboxylic acid groups (broad SMARTS) is 1. The second kappa shape index (κ2) is 6.00. The lowest BCUT2D eigenvalue weighted by atomic mass is 9.86. The highest BCUT2D eigenvalue weighted by molar-refractivity contribution is 5.83. The van der Waals surface area contributed by atoms with Crippen LogP contribution in [0.15, 0.2) is 0 Å². The fourth-order valence-corrected chi connectivity index (χ4v) is 1.35. The van der Waals surface area contributed by atoms with Gasteiger partial charge in [0.2, 0.25) is 5.91 Å². The SMILES string of the molecule is CCN(CC(C)C(=O)O)C(=O)C(N)C(C)(C)C. The number of nitrogens with zero attached hydrogens (tertiary/aromatic N) is 1. The van der Waals surface area contributed by atoms with Crippen molar-refractivity contribution in [1.82, 2.24) is 4.90 Å². The van der Waals surface area contributed by atoms with Gasteiger partial charge in [-0.05, 0) is 12.3 Å². The first-order valence-corrected chi connectivity index (χ1v) is 5.88. The molecular weight excluding hydrogens is 220 g/mol. The second-order valence-electron chi connectivity index (χ2n) is 5.46. The third-order valence-corrected chi connectivity index (χ3v) is 2.81. The van der Waals surface area contributed by atoms with E-state index in [1.54, 1.807) is 6.92 Å². The molecule has 0 heterocycles. The van der Waals surface area contributed by atoms with Crippen LogP contribution < -0.4 is 5.73 Å². The monoisotopic (exact) mass is 244 g/mol. The minimum absolute atomic E-state index is 0.187. The molecular formula is C12H24N2O3. The van der Waals surface area contributed by atoms with E-state index in [-0.39, 0.29) is 17.9 Å². The molecule has 0 aromatic heterocycles. The molecule has 3 N–H and O–H groups in total. The Morgan fingerprint density at radius 3 is 2.12 bits per heavy atom. The molecule has 0 saturated carbocycles. The molecule has 5 heteroatoms. The first-order valence-electron chi connectivity index (χ1n) is 5.88. The van der Waals surface area contributed by atoms with Crippen molar-refractivity contribution in [3.63, 3.8) is 0 Å². The maximum Gasteiger partial charge on any atom is 0.308 e. The predicted octanol–water partition coefficient (Wildman–Crippen LogP) is 0.929. The van der Waals surface area contributed by atoms with Gasteiger partial charge in [-0.15, -0.1) is 0 Å². The van der Waals surface area contributed by atoms with E-state index in [1.807, 2.05) is 27.7 Å². The zero-order chi connectivity index (χ0) is 13.8. The lowest BCUT2D eigenvalue weighted by molar-refractivity contribution is -0.143. The van der Waals surface area contributed by atoms with Crippen molar-refractivity contribution >= 4 is 11.9 Å². The molecule has 2 unspecified atom stereocenters. The summed E-state index contributed by atoms with van der Waals surface area (Å²) >= 11 is 0. The number of hydrogen-bond acceptors (Lipinski definition) is 3. The van der Waals surface area contributed by atoms with Crippen LogP contribution in [0.25, 0.3) is 0 Å². The summed E-state index contributed by atoms with van der Waals surface area (Å²) in [6, 6.07) is -0.608. The molecule has 0 aliphatic heterocycles. The summed E-state index contributed by atoms with van der Waals surface area (Å²) in [6.45, 7) is 9.76. The van der Waals surface area contributed by atoms with E-state index >= 15 is 0 Å². The first-order chi connectivity index (χ1) is 7.61. The van der Waals surface area contributed by atoms with Crippen LogP contribution in [0.4, 0.5) is 0 Å². The Morgan fingerprint density at radius 2 is 1.82 bits per heavy atom. The van der Waals surface area contributed by atoms with E-state index in [9.17, 15) is 9.59 Å². The van der Waals surface area contributed by atoms with Crippen molar-refractivity contribution in [2.24, 2.45) is 17.1 Å². The highest BCUT2D eigenvalue weighted by Gasteiger charge is 2.31. The molecule has 0 bridgehead atoms. The molecule has 0 aromatic rings. The number of hydrogen-bond donors (Lipinski definition) is 2. The number of carbonyl (C=O) groups excluding carboxylic acids is 1.